The van der Waals surface area contributed by atoms with Gasteiger partial charge in [0.25, 0.3) is 11.5 Å². The molecular weight excluding hydrogens is 550 g/mol. The van der Waals surface area contributed by atoms with E-state index in [0.29, 0.717) is 23.2 Å². The Hall–Kier alpha value is -3.53. The lowest BCUT2D eigenvalue weighted by molar-refractivity contribution is 0.0950. The highest BCUT2D eigenvalue weighted by atomic mass is 16.1. The summed E-state index contributed by atoms with van der Waals surface area (Å²) in [6.07, 6.45) is 4.05. The fraction of sp³-hybridized carbons (Fsp3) is 0.514. The highest BCUT2D eigenvalue weighted by Crippen LogP contribution is 2.34. The fourth-order valence-corrected chi connectivity index (χ4v) is 6.70. The van der Waals surface area contributed by atoms with Crippen molar-refractivity contribution < 1.29 is 4.79 Å². The second-order valence-electron chi connectivity index (χ2n) is 12.7. The van der Waals surface area contributed by atoms with Gasteiger partial charge in [-0.1, -0.05) is 6.07 Å². The van der Waals surface area contributed by atoms with Crippen molar-refractivity contribution in [3.63, 3.8) is 0 Å². The molecule has 2 atom stereocenters. The third-order valence-electron chi connectivity index (χ3n) is 9.37. The number of aromatic amines is 1. The average Bonchev–Trinajstić information content (AvgIpc) is 2.99. The maximum atomic E-state index is 13.8. The molecular formula is C35H49N7O2. The quantitative estimate of drug-likeness (QED) is 0.342. The molecule has 0 radical (unpaired) electrons. The number of piperidine rings is 1. The van der Waals surface area contributed by atoms with E-state index in [2.05, 4.69) is 69.4 Å². The van der Waals surface area contributed by atoms with Crippen LogP contribution in [0.4, 0.5) is 5.69 Å². The van der Waals surface area contributed by atoms with Crippen LogP contribution in [0.5, 0.6) is 0 Å². The highest BCUT2D eigenvalue weighted by Gasteiger charge is 2.27. The summed E-state index contributed by atoms with van der Waals surface area (Å²) in [5.74, 6) is -0.181. The van der Waals surface area contributed by atoms with Crippen molar-refractivity contribution in [2.45, 2.75) is 72.6 Å². The Bertz CT molecular complexity index is 1510. The molecule has 236 valence electrons. The van der Waals surface area contributed by atoms with Crippen LogP contribution in [0, 0.1) is 20.8 Å². The first kappa shape index (κ1) is 31.9. The van der Waals surface area contributed by atoms with Crippen molar-refractivity contribution in [3.05, 3.63) is 80.5 Å². The second kappa shape index (κ2) is 14.1. The van der Waals surface area contributed by atoms with Gasteiger partial charge >= 0.3 is 0 Å². The maximum absolute atomic E-state index is 13.8. The Labute approximate surface area is 262 Å². The number of hydrogen-bond donors (Lipinski definition) is 3. The molecule has 2 fully saturated rings. The van der Waals surface area contributed by atoms with Gasteiger partial charge in [0.15, 0.2) is 0 Å². The number of carbonyl (C=O) groups is 1. The van der Waals surface area contributed by atoms with E-state index >= 15 is 0 Å². The molecule has 0 spiro atoms. The van der Waals surface area contributed by atoms with Crippen molar-refractivity contribution >= 4 is 11.6 Å². The summed E-state index contributed by atoms with van der Waals surface area (Å²) in [6, 6.07) is 11.2. The number of amides is 1. The van der Waals surface area contributed by atoms with Crippen LogP contribution in [0.15, 0.2) is 41.3 Å². The number of nitrogens with zero attached hydrogens (tertiary/aromatic N) is 4. The number of piperazine rings is 1. The molecule has 9 heteroatoms. The van der Waals surface area contributed by atoms with Gasteiger partial charge in [0.05, 0.1) is 5.69 Å². The average molecular weight is 600 g/mol. The standard InChI is InChI=1S/C35H49N7O2/c1-7-42(30-10-11-36-24(3)17-30)33-19-28(27-8-9-29(37-20-27)22-41-14-12-40(6)13-15-41)18-31(26(33)5)34(43)38-21-32-23(2)16-25(4)39-35(32)44/h8-9,16,18-20,24,30,36H,7,10-15,17,21-22H2,1-6H3,(H,38,43)(H,39,44)/t24-,30?/m1/s1. The Morgan fingerprint density at radius 1 is 1.09 bits per heavy atom. The number of aromatic nitrogens is 2. The number of carbonyl (C=O) groups excluding carboxylic acids is 1. The Morgan fingerprint density at radius 2 is 1.86 bits per heavy atom. The minimum Gasteiger partial charge on any atom is -0.368 e. The molecule has 1 unspecified atom stereocenters. The van der Waals surface area contributed by atoms with Crippen LogP contribution in [0.1, 0.15) is 65.1 Å². The fourth-order valence-electron chi connectivity index (χ4n) is 6.70. The van der Waals surface area contributed by atoms with Crippen molar-refractivity contribution in [2.24, 2.45) is 0 Å². The number of rotatable bonds is 9. The minimum atomic E-state index is -0.181. The van der Waals surface area contributed by atoms with E-state index < -0.39 is 0 Å². The van der Waals surface area contributed by atoms with E-state index in [4.69, 9.17) is 4.98 Å². The van der Waals surface area contributed by atoms with Crippen LogP contribution in [-0.4, -0.2) is 84.1 Å². The number of pyridine rings is 2. The first-order chi connectivity index (χ1) is 21.1. The van der Waals surface area contributed by atoms with Gasteiger partial charge < -0.3 is 25.4 Å². The molecule has 0 saturated carbocycles. The number of hydrogen-bond acceptors (Lipinski definition) is 7. The zero-order valence-electron chi connectivity index (χ0n) is 27.3. The van der Waals surface area contributed by atoms with Gasteiger partial charge in [0.2, 0.25) is 0 Å². The number of likely N-dealkylation sites (N-methyl/N-ethyl adjacent to an activating group) is 1. The number of aryl methyl sites for hydroxylation is 2. The van der Waals surface area contributed by atoms with Crippen molar-refractivity contribution in [2.75, 3.05) is 51.2 Å². The first-order valence-electron chi connectivity index (χ1n) is 16.1. The van der Waals surface area contributed by atoms with Gasteiger partial charge in [-0.3, -0.25) is 19.5 Å². The van der Waals surface area contributed by atoms with Crippen LogP contribution < -0.4 is 21.1 Å². The van der Waals surface area contributed by atoms with E-state index in [-0.39, 0.29) is 18.0 Å². The third kappa shape index (κ3) is 7.39. The molecule has 9 nitrogen and oxygen atoms in total. The van der Waals surface area contributed by atoms with Crippen molar-refractivity contribution in [1.29, 1.82) is 0 Å². The van der Waals surface area contributed by atoms with E-state index in [9.17, 15) is 9.59 Å². The summed E-state index contributed by atoms with van der Waals surface area (Å²) in [5, 5.41) is 6.62. The molecule has 2 aliphatic rings. The van der Waals surface area contributed by atoms with Crippen LogP contribution in [-0.2, 0) is 13.1 Å². The molecule has 1 aromatic carbocycles. The summed E-state index contributed by atoms with van der Waals surface area (Å²) >= 11 is 0. The number of anilines is 1. The van der Waals surface area contributed by atoms with Crippen LogP contribution in [0.25, 0.3) is 11.1 Å². The maximum Gasteiger partial charge on any atom is 0.253 e. The smallest absolute Gasteiger partial charge is 0.253 e. The van der Waals surface area contributed by atoms with E-state index in [1.807, 2.05) is 39.1 Å². The van der Waals surface area contributed by atoms with Gasteiger partial charge in [-0.15, -0.1) is 0 Å². The largest absolute Gasteiger partial charge is 0.368 e. The molecule has 2 saturated heterocycles. The SMILES string of the molecule is CCN(c1cc(-c2ccc(CN3CCN(C)CC3)nc2)cc(C(=O)NCc2c(C)cc(C)[nH]c2=O)c1C)C1CCN[C@H](C)C1. The van der Waals surface area contributed by atoms with Crippen molar-refractivity contribution in [1.82, 2.24) is 30.4 Å². The van der Waals surface area contributed by atoms with Gasteiger partial charge in [0, 0.05) is 92.2 Å². The summed E-state index contributed by atoms with van der Waals surface area (Å²) in [6.45, 7) is 17.4. The molecule has 3 aromatic rings. The number of nitrogens with one attached hydrogen (secondary N) is 3. The predicted molar refractivity (Wildman–Crippen MR) is 178 cm³/mol. The first-order valence-corrected chi connectivity index (χ1v) is 16.1. The highest BCUT2D eigenvalue weighted by molar-refractivity contribution is 5.99. The number of benzene rings is 1. The lowest BCUT2D eigenvalue weighted by Gasteiger charge is -2.39. The van der Waals surface area contributed by atoms with Crippen LogP contribution in [0.2, 0.25) is 0 Å². The second-order valence-corrected chi connectivity index (χ2v) is 12.7. The zero-order chi connectivity index (χ0) is 31.4. The molecule has 2 aromatic heterocycles. The van der Waals surface area contributed by atoms with Gasteiger partial charge in [-0.05, 0) is 102 Å². The summed E-state index contributed by atoms with van der Waals surface area (Å²) in [5.41, 5.74) is 7.78. The van der Waals surface area contributed by atoms with E-state index in [1.54, 1.807) is 0 Å². The minimum absolute atomic E-state index is 0.158. The predicted octanol–water partition coefficient (Wildman–Crippen LogP) is 4.01. The molecule has 3 N–H and O–H groups in total. The molecule has 5 rings (SSSR count). The number of H-pyrrole nitrogens is 1. The summed E-state index contributed by atoms with van der Waals surface area (Å²) in [4.78, 5) is 41.4. The Kier molecular flexibility index (Phi) is 10.2. The molecule has 4 heterocycles. The van der Waals surface area contributed by atoms with Gasteiger partial charge in [0.1, 0.15) is 0 Å². The Morgan fingerprint density at radius 3 is 2.52 bits per heavy atom. The zero-order valence-corrected chi connectivity index (χ0v) is 27.3. The van der Waals surface area contributed by atoms with E-state index in [1.165, 1.54) is 0 Å². The molecule has 2 aliphatic heterocycles. The third-order valence-corrected chi connectivity index (χ3v) is 9.37. The topological polar surface area (TPSA) is 96.6 Å². The molecule has 44 heavy (non-hydrogen) atoms. The summed E-state index contributed by atoms with van der Waals surface area (Å²) < 4.78 is 0. The monoisotopic (exact) mass is 599 g/mol. The Balaban J connectivity index is 1.46. The van der Waals surface area contributed by atoms with Gasteiger partial charge in [-0.25, -0.2) is 0 Å². The van der Waals surface area contributed by atoms with Gasteiger partial charge in [-0.2, -0.15) is 0 Å². The molecule has 0 aliphatic carbocycles. The normalized spacial score (nSPS) is 19.6. The van der Waals surface area contributed by atoms with Crippen LogP contribution in [0.3, 0.4) is 0 Å². The molecule has 1 amide bonds. The van der Waals surface area contributed by atoms with Crippen molar-refractivity contribution in [3.8, 4) is 11.1 Å². The van der Waals surface area contributed by atoms with Crippen LogP contribution >= 0.6 is 0 Å². The lowest BCUT2D eigenvalue weighted by Crippen LogP contribution is -2.47. The molecule has 0 bridgehead atoms. The lowest BCUT2D eigenvalue weighted by atomic mass is 9.94. The summed E-state index contributed by atoms with van der Waals surface area (Å²) in [7, 11) is 2.17. The van der Waals surface area contributed by atoms with E-state index in [0.717, 1.165) is 98.0 Å².